The smallest absolute Gasteiger partial charge is 0.263 e. The maximum Gasteiger partial charge on any atom is 0.263 e. The van der Waals surface area contributed by atoms with Gasteiger partial charge >= 0.3 is 0 Å². The Morgan fingerprint density at radius 2 is 1.91 bits per heavy atom. The van der Waals surface area contributed by atoms with Crippen LogP contribution in [0, 0.1) is 6.92 Å². The van der Waals surface area contributed by atoms with E-state index in [1.165, 1.54) is 12.1 Å². The van der Waals surface area contributed by atoms with Crippen molar-refractivity contribution >= 4 is 29.1 Å². The van der Waals surface area contributed by atoms with Crippen molar-refractivity contribution in [2.45, 2.75) is 25.6 Å². The number of methoxy groups -OCH3 is 1. The predicted octanol–water partition coefficient (Wildman–Crippen LogP) is 3.81. The van der Waals surface area contributed by atoms with Crippen LogP contribution in [-0.2, 0) is 16.1 Å². The van der Waals surface area contributed by atoms with Gasteiger partial charge in [-0.15, -0.1) is 0 Å². The topological polar surface area (TPSA) is 101 Å². The molecule has 3 heterocycles. The number of aromatic nitrogens is 1. The highest BCUT2D eigenvalue weighted by molar-refractivity contribution is 6.30. The lowest BCUT2D eigenvalue weighted by molar-refractivity contribution is -0.123. The zero-order chi connectivity index (χ0) is 22.4. The summed E-state index contributed by atoms with van der Waals surface area (Å²) in [6, 6.07) is 12.2. The summed E-state index contributed by atoms with van der Waals surface area (Å²) >= 11 is 5.95. The number of rotatable bonds is 5. The van der Waals surface area contributed by atoms with Crippen LogP contribution in [0.1, 0.15) is 11.5 Å². The molecule has 0 N–H and O–H groups in total. The molecule has 0 saturated carbocycles. The van der Waals surface area contributed by atoms with E-state index in [9.17, 15) is 9.59 Å². The number of amides is 2. The van der Waals surface area contributed by atoms with Gasteiger partial charge in [-0.25, -0.2) is 9.88 Å². The minimum absolute atomic E-state index is 0.179. The Morgan fingerprint density at radius 3 is 2.66 bits per heavy atom. The fraction of sp³-hybridized carbons (Fsp3) is 0.227. The summed E-state index contributed by atoms with van der Waals surface area (Å²) in [5, 5.41) is 10.2. The van der Waals surface area contributed by atoms with E-state index >= 15 is 0 Å². The molecule has 1 aromatic heterocycles. The van der Waals surface area contributed by atoms with Crippen LogP contribution in [0.4, 0.5) is 5.69 Å². The minimum Gasteiger partial charge on any atom is -0.497 e. The predicted molar refractivity (Wildman–Crippen MR) is 115 cm³/mol. The molecular weight excluding hydrogens is 434 g/mol. The first-order valence-electron chi connectivity index (χ1n) is 9.88. The van der Waals surface area contributed by atoms with Crippen LogP contribution in [-0.4, -0.2) is 41.0 Å². The number of aryl methyl sites for hydroxylation is 1. The van der Waals surface area contributed by atoms with E-state index in [2.05, 4.69) is 15.3 Å². The number of halogens is 1. The van der Waals surface area contributed by atoms with Crippen LogP contribution in [0.2, 0.25) is 5.02 Å². The second kappa shape index (κ2) is 7.76. The average molecular weight is 452 g/mol. The molecule has 2 aromatic carbocycles. The molecule has 2 aliphatic heterocycles. The first kappa shape index (κ1) is 20.2. The monoisotopic (exact) mass is 451 g/mol. The third kappa shape index (κ3) is 3.31. The van der Waals surface area contributed by atoms with Gasteiger partial charge in [0.1, 0.15) is 17.2 Å². The number of anilines is 1. The molecule has 32 heavy (non-hydrogen) atoms. The summed E-state index contributed by atoms with van der Waals surface area (Å²) < 4.78 is 11.0. The molecule has 0 aliphatic carbocycles. The summed E-state index contributed by atoms with van der Waals surface area (Å²) in [5.74, 6) is 0.769. The lowest BCUT2D eigenvalue weighted by Crippen LogP contribution is -2.39. The van der Waals surface area contributed by atoms with Crippen molar-refractivity contribution < 1.29 is 18.7 Å². The first-order chi connectivity index (χ1) is 15.5. The highest BCUT2D eigenvalue weighted by atomic mass is 35.5. The van der Waals surface area contributed by atoms with Gasteiger partial charge in [-0.05, 0) is 43.3 Å². The fourth-order valence-electron chi connectivity index (χ4n) is 3.80. The lowest BCUT2D eigenvalue weighted by Gasteiger charge is -2.20. The summed E-state index contributed by atoms with van der Waals surface area (Å²) in [7, 11) is 1.52. The fourth-order valence-corrected chi connectivity index (χ4v) is 3.93. The molecule has 0 bridgehead atoms. The van der Waals surface area contributed by atoms with Crippen molar-refractivity contribution in [3.05, 3.63) is 65.0 Å². The van der Waals surface area contributed by atoms with Crippen LogP contribution in [0.25, 0.3) is 11.5 Å². The number of imide groups is 1. The van der Waals surface area contributed by atoms with Gasteiger partial charge in [-0.3, -0.25) is 14.6 Å². The number of benzene rings is 2. The molecular formula is C22H18ClN5O4. The molecule has 2 atom stereocenters. The third-order valence-corrected chi connectivity index (χ3v) is 5.72. The van der Waals surface area contributed by atoms with E-state index in [0.29, 0.717) is 33.8 Å². The first-order valence-corrected chi connectivity index (χ1v) is 10.3. The number of carbonyl (C=O) groups is 2. The molecule has 10 heteroatoms. The summed E-state index contributed by atoms with van der Waals surface area (Å²) in [5.41, 5.74) is 1.82. The molecule has 1 saturated heterocycles. The van der Waals surface area contributed by atoms with Crippen molar-refractivity contribution in [1.82, 2.24) is 9.99 Å². The molecule has 1 fully saturated rings. The van der Waals surface area contributed by atoms with Crippen LogP contribution in [0.3, 0.4) is 0 Å². The number of fused-ring (bicyclic) bond motifs is 1. The van der Waals surface area contributed by atoms with E-state index in [1.807, 2.05) is 12.1 Å². The zero-order valence-electron chi connectivity index (χ0n) is 17.2. The van der Waals surface area contributed by atoms with Gasteiger partial charge < -0.3 is 9.15 Å². The maximum atomic E-state index is 13.2. The second-order valence-electron chi connectivity index (χ2n) is 7.43. The largest absolute Gasteiger partial charge is 0.497 e. The Balaban J connectivity index is 1.39. The number of carbonyl (C=O) groups excluding carboxylic acids is 2. The van der Waals surface area contributed by atoms with Gasteiger partial charge in [0, 0.05) is 16.7 Å². The minimum atomic E-state index is -0.892. The van der Waals surface area contributed by atoms with Crippen LogP contribution in [0.5, 0.6) is 5.75 Å². The van der Waals surface area contributed by atoms with E-state index < -0.39 is 23.9 Å². The normalized spacial score (nSPS) is 19.7. The van der Waals surface area contributed by atoms with Gasteiger partial charge in [0.25, 0.3) is 11.8 Å². The number of nitrogens with zero attached hydrogens (tertiary/aromatic N) is 5. The highest BCUT2D eigenvalue weighted by Gasteiger charge is 2.55. The molecule has 9 nitrogen and oxygen atoms in total. The SMILES string of the molecule is COc1cccc(N2C(=O)[C@H]3N=NN(Cc4nc(-c5ccc(Cl)cc5)oc4C)[C@@H]3C2=O)c1. The van der Waals surface area contributed by atoms with E-state index in [1.54, 1.807) is 43.3 Å². The molecule has 3 aromatic rings. The van der Waals surface area contributed by atoms with Crippen LogP contribution < -0.4 is 9.64 Å². The highest BCUT2D eigenvalue weighted by Crippen LogP contribution is 2.34. The maximum absolute atomic E-state index is 13.2. The van der Waals surface area contributed by atoms with Crippen molar-refractivity contribution in [2.75, 3.05) is 12.0 Å². The van der Waals surface area contributed by atoms with Crippen molar-refractivity contribution in [1.29, 1.82) is 0 Å². The standard InChI is InChI=1S/C22H18ClN5O4/c1-12-17(24-20(32-12)13-6-8-14(23)9-7-13)11-27-19-18(25-26-27)21(29)28(22(19)30)15-4-3-5-16(10-15)31-2/h3-10,18-19H,11H2,1-2H3/t18-,19-/m0/s1. The number of hydrogen-bond acceptors (Lipinski definition) is 8. The zero-order valence-corrected chi connectivity index (χ0v) is 18.0. The summed E-state index contributed by atoms with van der Waals surface area (Å²) in [4.78, 5) is 31.8. The van der Waals surface area contributed by atoms with Crippen molar-refractivity contribution in [3.8, 4) is 17.2 Å². The number of oxazole rings is 1. The number of hydrogen-bond donors (Lipinski definition) is 0. The van der Waals surface area contributed by atoms with E-state index in [0.717, 1.165) is 10.5 Å². The molecule has 162 valence electrons. The third-order valence-electron chi connectivity index (χ3n) is 5.47. The molecule has 0 spiro atoms. The van der Waals surface area contributed by atoms with Gasteiger partial charge in [0.2, 0.25) is 5.89 Å². The van der Waals surface area contributed by atoms with Gasteiger partial charge in [0.05, 0.1) is 19.3 Å². The Kier molecular flexibility index (Phi) is 4.90. The van der Waals surface area contributed by atoms with Crippen molar-refractivity contribution in [3.63, 3.8) is 0 Å². The molecule has 2 aliphatic rings. The lowest BCUT2D eigenvalue weighted by atomic mass is 10.1. The quantitative estimate of drug-likeness (QED) is 0.547. The number of ether oxygens (including phenoxy) is 1. The Labute approximate surface area is 188 Å². The Hall–Kier alpha value is -3.72. The van der Waals surface area contributed by atoms with Crippen LogP contribution >= 0.6 is 11.6 Å². The van der Waals surface area contributed by atoms with Gasteiger partial charge in [-0.2, -0.15) is 5.11 Å². The molecule has 0 unspecified atom stereocenters. The van der Waals surface area contributed by atoms with Gasteiger partial charge in [0.15, 0.2) is 12.1 Å². The summed E-state index contributed by atoms with van der Waals surface area (Å²) in [6.07, 6.45) is 0. The molecule has 0 radical (unpaired) electrons. The van der Waals surface area contributed by atoms with Crippen molar-refractivity contribution in [2.24, 2.45) is 10.3 Å². The molecule has 5 rings (SSSR count). The summed E-state index contributed by atoms with van der Waals surface area (Å²) in [6.45, 7) is 1.97. The average Bonchev–Trinajstić information content (AvgIpc) is 3.44. The molecule has 2 amide bonds. The second-order valence-corrected chi connectivity index (χ2v) is 7.87. The van der Waals surface area contributed by atoms with E-state index in [-0.39, 0.29) is 6.54 Å². The van der Waals surface area contributed by atoms with E-state index in [4.69, 9.17) is 20.8 Å². The Morgan fingerprint density at radius 1 is 1.12 bits per heavy atom. The van der Waals surface area contributed by atoms with Crippen LogP contribution in [0.15, 0.2) is 63.3 Å². The Bertz CT molecular complexity index is 1240. The van der Waals surface area contributed by atoms with Gasteiger partial charge in [-0.1, -0.05) is 22.9 Å².